The molecule has 0 radical (unpaired) electrons. The van der Waals surface area contributed by atoms with Crippen LogP contribution in [0.1, 0.15) is 39.8 Å². The lowest BCUT2D eigenvalue weighted by Crippen LogP contribution is -2.26. The molecule has 1 amide bonds. The van der Waals surface area contributed by atoms with Gasteiger partial charge in [0.05, 0.1) is 31.0 Å². The van der Waals surface area contributed by atoms with Crippen molar-refractivity contribution in [3.63, 3.8) is 0 Å². The summed E-state index contributed by atoms with van der Waals surface area (Å²) in [5.41, 5.74) is 3.71. The molecule has 1 aromatic carbocycles. The predicted molar refractivity (Wildman–Crippen MR) is 92.3 cm³/mol. The summed E-state index contributed by atoms with van der Waals surface area (Å²) in [6.45, 7) is 2.12. The van der Waals surface area contributed by atoms with E-state index in [1.807, 2.05) is 12.1 Å². The Morgan fingerprint density at radius 1 is 1.46 bits per heavy atom. The van der Waals surface area contributed by atoms with Crippen LogP contribution in [0.3, 0.4) is 0 Å². The Labute approximate surface area is 149 Å². The first-order valence-electron chi connectivity index (χ1n) is 8.52. The monoisotopic (exact) mass is 353 g/mol. The topological polar surface area (TPSA) is 106 Å². The molecular formula is C18H19N5O3. The number of aromatic nitrogens is 4. The highest BCUT2D eigenvalue weighted by atomic mass is 16.5. The standard InChI is InChI=1S/C18H19N5O3/c1-11-20-17(22-26-11)13-2-4-15-12(8-13)3-5-16(15)21-18(25)14-9-19-23(10-14)6-7-24/h2,4,8-10,16,24H,3,5-7H2,1H3,(H,21,25)/t16-/m1/s1. The maximum Gasteiger partial charge on any atom is 0.254 e. The van der Waals surface area contributed by atoms with Gasteiger partial charge in [0, 0.05) is 18.7 Å². The van der Waals surface area contributed by atoms with E-state index in [9.17, 15) is 4.79 Å². The van der Waals surface area contributed by atoms with Crippen LogP contribution in [0.5, 0.6) is 0 Å². The zero-order valence-corrected chi connectivity index (χ0v) is 14.3. The number of hydrogen-bond donors (Lipinski definition) is 2. The number of hydrogen-bond acceptors (Lipinski definition) is 6. The predicted octanol–water partition coefficient (Wildman–Crippen LogP) is 1.65. The molecule has 8 heteroatoms. The second kappa shape index (κ2) is 6.72. The first-order chi connectivity index (χ1) is 12.6. The SMILES string of the molecule is Cc1nc(-c2ccc3c(c2)CC[C@H]3NC(=O)c2cnn(CCO)c2)no1. The first kappa shape index (κ1) is 16.5. The van der Waals surface area contributed by atoms with Crippen LogP contribution < -0.4 is 5.32 Å². The molecule has 0 fully saturated rings. The Morgan fingerprint density at radius 2 is 2.35 bits per heavy atom. The van der Waals surface area contributed by atoms with Crippen LogP contribution in [0.4, 0.5) is 0 Å². The summed E-state index contributed by atoms with van der Waals surface area (Å²) in [5, 5.41) is 20.0. The van der Waals surface area contributed by atoms with Gasteiger partial charge in [-0.3, -0.25) is 9.48 Å². The summed E-state index contributed by atoms with van der Waals surface area (Å²) in [6, 6.07) is 6.00. The van der Waals surface area contributed by atoms with Crippen LogP contribution in [0.2, 0.25) is 0 Å². The lowest BCUT2D eigenvalue weighted by molar-refractivity contribution is 0.0936. The second-order valence-electron chi connectivity index (χ2n) is 6.33. The summed E-state index contributed by atoms with van der Waals surface area (Å²) in [5.74, 6) is 0.950. The van der Waals surface area contributed by atoms with Crippen LogP contribution in [0.15, 0.2) is 35.1 Å². The lowest BCUT2D eigenvalue weighted by Gasteiger charge is -2.13. The lowest BCUT2D eigenvalue weighted by atomic mass is 10.0. The molecule has 0 spiro atoms. The minimum absolute atomic E-state index is 0.0129. The van der Waals surface area contributed by atoms with Gasteiger partial charge in [-0.1, -0.05) is 17.3 Å². The highest BCUT2D eigenvalue weighted by molar-refractivity contribution is 5.94. The number of rotatable bonds is 5. The van der Waals surface area contributed by atoms with E-state index in [4.69, 9.17) is 9.63 Å². The molecular weight excluding hydrogens is 334 g/mol. The van der Waals surface area contributed by atoms with E-state index in [0.717, 1.165) is 24.0 Å². The van der Waals surface area contributed by atoms with Gasteiger partial charge in [-0.2, -0.15) is 10.1 Å². The molecule has 3 aromatic rings. The minimum atomic E-state index is -0.162. The summed E-state index contributed by atoms with van der Waals surface area (Å²) in [6.07, 6.45) is 4.89. The number of carbonyl (C=O) groups excluding carboxylic acids is 1. The molecule has 0 saturated carbocycles. The molecule has 2 heterocycles. The number of aryl methyl sites for hydroxylation is 2. The molecule has 134 valence electrons. The summed E-state index contributed by atoms with van der Waals surface area (Å²) >= 11 is 0. The van der Waals surface area contributed by atoms with Gasteiger partial charge in [-0.25, -0.2) is 0 Å². The van der Waals surface area contributed by atoms with Crippen molar-refractivity contribution in [2.75, 3.05) is 6.61 Å². The molecule has 4 rings (SSSR count). The van der Waals surface area contributed by atoms with Crippen molar-refractivity contribution in [3.05, 3.63) is 53.2 Å². The number of fused-ring (bicyclic) bond motifs is 1. The van der Waals surface area contributed by atoms with E-state index < -0.39 is 0 Å². The van der Waals surface area contributed by atoms with Crippen molar-refractivity contribution in [2.24, 2.45) is 0 Å². The molecule has 0 saturated heterocycles. The van der Waals surface area contributed by atoms with Gasteiger partial charge in [0.1, 0.15) is 0 Å². The van der Waals surface area contributed by atoms with Crippen LogP contribution in [-0.2, 0) is 13.0 Å². The third-order valence-corrected chi connectivity index (χ3v) is 4.54. The Hall–Kier alpha value is -3.00. The van der Waals surface area contributed by atoms with Crippen LogP contribution in [0.25, 0.3) is 11.4 Å². The van der Waals surface area contributed by atoms with E-state index in [-0.39, 0.29) is 18.6 Å². The van der Waals surface area contributed by atoms with Gasteiger partial charge < -0.3 is 14.9 Å². The fourth-order valence-corrected chi connectivity index (χ4v) is 3.27. The molecule has 2 N–H and O–H groups in total. The third kappa shape index (κ3) is 3.11. The van der Waals surface area contributed by atoms with Gasteiger partial charge in [0.15, 0.2) is 0 Å². The highest BCUT2D eigenvalue weighted by Gasteiger charge is 2.25. The molecule has 0 aliphatic heterocycles. The summed E-state index contributed by atoms with van der Waals surface area (Å²) in [7, 11) is 0. The van der Waals surface area contributed by atoms with Gasteiger partial charge in [-0.15, -0.1) is 0 Å². The van der Waals surface area contributed by atoms with Gasteiger partial charge in [-0.05, 0) is 30.0 Å². The summed E-state index contributed by atoms with van der Waals surface area (Å²) in [4.78, 5) is 16.7. The smallest absolute Gasteiger partial charge is 0.254 e. The Kier molecular flexibility index (Phi) is 4.26. The maximum atomic E-state index is 12.5. The molecule has 26 heavy (non-hydrogen) atoms. The molecule has 2 aromatic heterocycles. The van der Waals surface area contributed by atoms with Crippen molar-refractivity contribution >= 4 is 5.91 Å². The second-order valence-corrected chi connectivity index (χ2v) is 6.33. The number of carbonyl (C=O) groups is 1. The maximum absolute atomic E-state index is 12.5. The quantitative estimate of drug-likeness (QED) is 0.722. The number of nitrogens with zero attached hydrogens (tertiary/aromatic N) is 4. The Bertz CT molecular complexity index is 946. The van der Waals surface area contributed by atoms with Gasteiger partial charge in [0.2, 0.25) is 11.7 Å². The number of nitrogens with one attached hydrogen (secondary N) is 1. The average molecular weight is 353 g/mol. The van der Waals surface area contributed by atoms with E-state index >= 15 is 0 Å². The number of benzene rings is 1. The zero-order valence-electron chi connectivity index (χ0n) is 14.3. The highest BCUT2D eigenvalue weighted by Crippen LogP contribution is 2.33. The van der Waals surface area contributed by atoms with Crippen LogP contribution in [0, 0.1) is 6.92 Å². The Balaban J connectivity index is 1.49. The average Bonchev–Trinajstić information content (AvgIpc) is 3.35. The Morgan fingerprint density at radius 3 is 3.12 bits per heavy atom. The van der Waals surface area contributed by atoms with Gasteiger partial charge in [0.25, 0.3) is 5.91 Å². The molecule has 0 unspecified atom stereocenters. The van der Waals surface area contributed by atoms with Crippen molar-refractivity contribution in [2.45, 2.75) is 32.4 Å². The van der Waals surface area contributed by atoms with E-state index in [1.165, 1.54) is 11.8 Å². The molecule has 1 aliphatic rings. The van der Waals surface area contributed by atoms with E-state index in [1.54, 1.807) is 17.8 Å². The molecule has 1 aliphatic carbocycles. The van der Waals surface area contributed by atoms with Crippen LogP contribution in [-0.4, -0.2) is 37.5 Å². The van der Waals surface area contributed by atoms with Crippen molar-refractivity contribution in [1.29, 1.82) is 0 Å². The van der Waals surface area contributed by atoms with Crippen LogP contribution >= 0.6 is 0 Å². The normalized spacial score (nSPS) is 15.8. The third-order valence-electron chi connectivity index (χ3n) is 4.54. The fourth-order valence-electron chi connectivity index (χ4n) is 3.27. The first-order valence-corrected chi connectivity index (χ1v) is 8.52. The zero-order chi connectivity index (χ0) is 18.1. The minimum Gasteiger partial charge on any atom is -0.394 e. The molecule has 1 atom stereocenters. The fraction of sp³-hybridized carbons (Fsp3) is 0.333. The number of aliphatic hydroxyl groups is 1. The van der Waals surface area contributed by atoms with Crippen molar-refractivity contribution < 1.29 is 14.4 Å². The van der Waals surface area contributed by atoms with Crippen molar-refractivity contribution in [3.8, 4) is 11.4 Å². The van der Waals surface area contributed by atoms with Gasteiger partial charge >= 0.3 is 0 Å². The number of amides is 1. The molecule has 0 bridgehead atoms. The largest absolute Gasteiger partial charge is 0.394 e. The van der Waals surface area contributed by atoms with Crippen molar-refractivity contribution in [1.82, 2.24) is 25.2 Å². The molecule has 8 nitrogen and oxygen atoms in total. The van der Waals surface area contributed by atoms with E-state index in [0.29, 0.717) is 23.8 Å². The summed E-state index contributed by atoms with van der Waals surface area (Å²) < 4.78 is 6.59. The van der Waals surface area contributed by atoms with E-state index in [2.05, 4.69) is 26.6 Å². The number of aliphatic hydroxyl groups excluding tert-OH is 1.